The number of hydrogen-bond donors (Lipinski definition) is 0. The van der Waals surface area contributed by atoms with Gasteiger partial charge in [0.1, 0.15) is 23.0 Å². The van der Waals surface area contributed by atoms with Gasteiger partial charge >= 0.3 is 0 Å². The zero-order valence-electron chi connectivity index (χ0n) is 28.3. The van der Waals surface area contributed by atoms with Gasteiger partial charge in [0.05, 0.1) is 0 Å². The molecule has 0 aliphatic heterocycles. The predicted octanol–water partition coefficient (Wildman–Crippen LogP) is 11.7. The highest BCUT2D eigenvalue weighted by Gasteiger charge is 2.12. The molecule has 0 aromatic heterocycles. The summed E-state index contributed by atoms with van der Waals surface area (Å²) in [6, 6.07) is 43.0. The lowest BCUT2D eigenvalue weighted by molar-refractivity contribution is 0.100. The Labute approximate surface area is 306 Å². The average Bonchev–Trinajstić information content (AvgIpc) is 3.14. The maximum Gasteiger partial charge on any atom is 0.193 e. The summed E-state index contributed by atoms with van der Waals surface area (Å²) >= 11 is 0. The number of ketones is 4. The Morgan fingerprint density at radius 2 is 0.654 bits per heavy atom. The van der Waals surface area contributed by atoms with E-state index in [2.05, 4.69) is 0 Å². The van der Waals surface area contributed by atoms with Crippen molar-refractivity contribution < 1.29 is 28.7 Å². The van der Waals surface area contributed by atoms with Crippen LogP contribution >= 0.6 is 0 Å². The first kappa shape index (κ1) is 40.0. The molecule has 6 heteroatoms. The molecular formula is C46H44O6. The molecular weight excluding hydrogens is 649 g/mol. The highest BCUT2D eigenvalue weighted by Crippen LogP contribution is 2.24. The first-order chi connectivity index (χ1) is 24.0. The van der Waals surface area contributed by atoms with Gasteiger partial charge in [0.2, 0.25) is 0 Å². The Bertz CT molecular complexity index is 2110. The Kier molecular flexibility index (Phi) is 14.3. The normalized spacial score (nSPS) is 9.92. The zero-order chi connectivity index (χ0) is 35.6. The fourth-order valence-corrected chi connectivity index (χ4v) is 4.90. The smallest absolute Gasteiger partial charge is 0.193 e. The van der Waals surface area contributed by atoms with E-state index in [0.717, 1.165) is 11.5 Å². The Balaban J connectivity index is 0.000000270. The number of ether oxygens (including phenoxy) is 2. The molecule has 0 radical (unpaired) electrons. The van der Waals surface area contributed by atoms with Crippen LogP contribution in [-0.2, 0) is 0 Å². The maximum absolute atomic E-state index is 12.6. The van der Waals surface area contributed by atoms with E-state index < -0.39 is 0 Å². The van der Waals surface area contributed by atoms with Gasteiger partial charge < -0.3 is 9.47 Å². The molecule has 0 amide bonds. The average molecular weight is 693 g/mol. The van der Waals surface area contributed by atoms with Gasteiger partial charge in [-0.2, -0.15) is 0 Å². The summed E-state index contributed by atoms with van der Waals surface area (Å²) in [5, 5.41) is 0. The summed E-state index contributed by atoms with van der Waals surface area (Å²) in [4.78, 5) is 47.9. The molecule has 0 N–H and O–H groups in total. The van der Waals surface area contributed by atoms with E-state index in [0.29, 0.717) is 44.9 Å². The second kappa shape index (κ2) is 18.6. The summed E-state index contributed by atoms with van der Waals surface area (Å²) in [5.74, 6) is 2.56. The highest BCUT2D eigenvalue weighted by atomic mass is 16.5. The third-order valence-electron chi connectivity index (χ3n) is 7.83. The van der Waals surface area contributed by atoms with Crippen LogP contribution in [0.3, 0.4) is 0 Å². The quantitative estimate of drug-likeness (QED) is 0.133. The molecule has 6 aromatic carbocycles. The van der Waals surface area contributed by atoms with E-state index in [9.17, 15) is 19.2 Å². The molecule has 0 heterocycles. The van der Waals surface area contributed by atoms with Crippen molar-refractivity contribution in [2.24, 2.45) is 0 Å². The van der Waals surface area contributed by atoms with Crippen LogP contribution in [0.2, 0.25) is 0 Å². The number of carbonyl (C=O) groups excluding carboxylic acids is 4. The molecule has 0 fully saturated rings. The fourth-order valence-electron chi connectivity index (χ4n) is 4.90. The Morgan fingerprint density at radius 3 is 1.02 bits per heavy atom. The molecule has 0 unspecified atom stereocenters. The molecule has 0 atom stereocenters. The second-order valence-corrected chi connectivity index (χ2v) is 11.8. The lowest BCUT2D eigenvalue weighted by atomic mass is 10.0. The van der Waals surface area contributed by atoms with Crippen molar-refractivity contribution in [3.63, 3.8) is 0 Å². The van der Waals surface area contributed by atoms with Crippen molar-refractivity contribution in [2.75, 3.05) is 0 Å². The van der Waals surface area contributed by atoms with Crippen molar-refractivity contribution in [3.8, 4) is 23.0 Å². The molecule has 6 rings (SSSR count). The van der Waals surface area contributed by atoms with Crippen LogP contribution in [0.1, 0.15) is 92.4 Å². The van der Waals surface area contributed by atoms with E-state index in [-0.39, 0.29) is 38.0 Å². The SMILES string of the molecule is C.C.CC(=O)c1ccc(C(=O)c2ccc(Oc3ccc(C)cc3)cc2)cc1.CC(=O)c1cccc(C(=O)c2ccc(Oc3ccc(C)cc3)cc2)c1. The van der Waals surface area contributed by atoms with Gasteiger partial charge in [-0.15, -0.1) is 0 Å². The first-order valence-corrected chi connectivity index (χ1v) is 16.1. The molecule has 52 heavy (non-hydrogen) atoms. The number of hydrogen-bond acceptors (Lipinski definition) is 6. The zero-order valence-corrected chi connectivity index (χ0v) is 28.3. The van der Waals surface area contributed by atoms with Crippen LogP contribution in [0.15, 0.2) is 146 Å². The molecule has 0 spiro atoms. The molecule has 0 aliphatic rings. The highest BCUT2D eigenvalue weighted by molar-refractivity contribution is 6.10. The minimum Gasteiger partial charge on any atom is -0.457 e. The molecule has 6 nitrogen and oxygen atoms in total. The summed E-state index contributed by atoms with van der Waals surface area (Å²) in [5.41, 5.74) is 5.65. The van der Waals surface area contributed by atoms with Gasteiger partial charge in [-0.1, -0.05) is 92.7 Å². The summed E-state index contributed by atoms with van der Waals surface area (Å²) in [6.07, 6.45) is 0. The lowest BCUT2D eigenvalue weighted by Gasteiger charge is -2.07. The third kappa shape index (κ3) is 10.8. The number of Topliss-reactive ketones (excluding diaryl/α,β-unsaturated/α-hetero) is 2. The monoisotopic (exact) mass is 692 g/mol. The van der Waals surface area contributed by atoms with Crippen LogP contribution in [0.5, 0.6) is 23.0 Å². The molecule has 264 valence electrons. The van der Waals surface area contributed by atoms with Gasteiger partial charge in [0, 0.05) is 33.4 Å². The standard InChI is InChI=1S/2C22H18O3.2CH4/c1-15-3-11-20(12-4-15)25-21-13-9-19(10-14-21)22(24)18-7-5-17(6-8-18)16(2)23;1-15-6-10-20(11-7-15)25-21-12-8-17(9-13-21)22(24)19-5-3-4-18(14-19)16(2)23;;/h2*3-14H,1-2H3;2*1H4. The number of rotatable bonds is 10. The number of carbonyl (C=O) groups is 4. The van der Waals surface area contributed by atoms with Gasteiger partial charge in [0.25, 0.3) is 0 Å². The van der Waals surface area contributed by atoms with Gasteiger partial charge in [-0.05, 0) is 107 Å². The number of benzene rings is 6. The van der Waals surface area contributed by atoms with Crippen LogP contribution in [0.4, 0.5) is 0 Å². The maximum atomic E-state index is 12.6. The van der Waals surface area contributed by atoms with Crippen molar-refractivity contribution >= 4 is 23.1 Å². The van der Waals surface area contributed by atoms with E-state index in [1.807, 2.05) is 62.4 Å². The second-order valence-electron chi connectivity index (χ2n) is 11.8. The predicted molar refractivity (Wildman–Crippen MR) is 209 cm³/mol. The van der Waals surface area contributed by atoms with E-state index in [1.165, 1.54) is 25.0 Å². The summed E-state index contributed by atoms with van der Waals surface area (Å²) < 4.78 is 11.5. The van der Waals surface area contributed by atoms with Gasteiger partial charge in [-0.3, -0.25) is 19.2 Å². The number of aryl methyl sites for hydroxylation is 2. The summed E-state index contributed by atoms with van der Waals surface area (Å²) in [6.45, 7) is 7.03. The van der Waals surface area contributed by atoms with Crippen LogP contribution < -0.4 is 9.47 Å². The largest absolute Gasteiger partial charge is 0.457 e. The fraction of sp³-hybridized carbons (Fsp3) is 0.130. The van der Waals surface area contributed by atoms with E-state index in [4.69, 9.17) is 9.47 Å². The molecule has 0 aliphatic carbocycles. The van der Waals surface area contributed by atoms with E-state index >= 15 is 0 Å². The van der Waals surface area contributed by atoms with Gasteiger partial charge in [-0.25, -0.2) is 0 Å². The van der Waals surface area contributed by atoms with E-state index in [1.54, 1.807) is 97.1 Å². The lowest BCUT2D eigenvalue weighted by Crippen LogP contribution is -2.03. The van der Waals surface area contributed by atoms with Crippen molar-refractivity contribution in [1.82, 2.24) is 0 Å². The minimum absolute atomic E-state index is 0. The van der Waals surface area contributed by atoms with Crippen molar-refractivity contribution in [3.05, 3.63) is 190 Å². The van der Waals surface area contributed by atoms with Crippen molar-refractivity contribution in [2.45, 2.75) is 42.5 Å². The van der Waals surface area contributed by atoms with Crippen molar-refractivity contribution in [1.29, 1.82) is 0 Å². The molecule has 6 aromatic rings. The first-order valence-electron chi connectivity index (χ1n) is 16.1. The van der Waals surface area contributed by atoms with Crippen LogP contribution in [0.25, 0.3) is 0 Å². The Hall–Kier alpha value is -6.40. The Morgan fingerprint density at radius 1 is 0.365 bits per heavy atom. The topological polar surface area (TPSA) is 86.7 Å². The van der Waals surface area contributed by atoms with Crippen LogP contribution in [0, 0.1) is 13.8 Å². The summed E-state index contributed by atoms with van der Waals surface area (Å²) in [7, 11) is 0. The minimum atomic E-state index is -0.120. The molecule has 0 saturated carbocycles. The molecule has 0 saturated heterocycles. The molecule has 0 bridgehead atoms. The van der Waals surface area contributed by atoms with Gasteiger partial charge in [0.15, 0.2) is 23.1 Å². The third-order valence-corrected chi connectivity index (χ3v) is 7.83. The van der Waals surface area contributed by atoms with Crippen LogP contribution in [-0.4, -0.2) is 23.1 Å².